The molecule has 1 saturated heterocycles. The summed E-state index contributed by atoms with van der Waals surface area (Å²) in [6.45, 7) is 1.04. The van der Waals surface area contributed by atoms with Crippen molar-refractivity contribution in [1.82, 2.24) is 14.8 Å². The van der Waals surface area contributed by atoms with Gasteiger partial charge in [0.25, 0.3) is 5.91 Å². The first-order valence-electron chi connectivity index (χ1n) is 11.0. The number of benzene rings is 2. The highest BCUT2D eigenvalue weighted by molar-refractivity contribution is 5.93. The smallest absolute Gasteiger partial charge is 0.272 e. The van der Waals surface area contributed by atoms with E-state index >= 15 is 0 Å². The molecule has 2 heterocycles. The maximum atomic E-state index is 13.5. The molecule has 1 aliphatic rings. The average Bonchev–Trinajstić information content (AvgIpc) is 2.84. The minimum absolute atomic E-state index is 0.0705. The van der Waals surface area contributed by atoms with Crippen LogP contribution < -0.4 is 0 Å². The molecular formula is C27H29N3O2. The van der Waals surface area contributed by atoms with E-state index in [9.17, 15) is 9.59 Å². The van der Waals surface area contributed by atoms with E-state index < -0.39 is 5.41 Å². The molecule has 1 unspecified atom stereocenters. The largest absolute Gasteiger partial charge is 0.348 e. The van der Waals surface area contributed by atoms with Gasteiger partial charge in [-0.25, -0.2) is 0 Å². The Morgan fingerprint density at radius 2 is 1.72 bits per heavy atom. The summed E-state index contributed by atoms with van der Waals surface area (Å²) in [6.07, 6.45) is 3.77. The second-order valence-electron chi connectivity index (χ2n) is 8.77. The summed E-state index contributed by atoms with van der Waals surface area (Å²) in [7, 11) is 3.59. The molecule has 0 radical (unpaired) electrons. The number of nitrogens with zero attached hydrogens (tertiary/aromatic N) is 3. The molecule has 1 aromatic heterocycles. The van der Waals surface area contributed by atoms with Crippen molar-refractivity contribution in [3.63, 3.8) is 0 Å². The summed E-state index contributed by atoms with van der Waals surface area (Å²) in [4.78, 5) is 34.3. The van der Waals surface area contributed by atoms with Crippen LogP contribution in [0.1, 0.15) is 28.9 Å². The summed E-state index contributed by atoms with van der Waals surface area (Å²) in [6, 6.07) is 24.0. The van der Waals surface area contributed by atoms with E-state index in [-0.39, 0.29) is 11.8 Å². The second kappa shape index (κ2) is 9.35. The number of amides is 2. The fourth-order valence-electron chi connectivity index (χ4n) is 4.71. The number of piperidine rings is 1. The Morgan fingerprint density at radius 1 is 0.969 bits per heavy atom. The third-order valence-electron chi connectivity index (χ3n) is 6.18. The molecule has 0 saturated carbocycles. The first-order valence-corrected chi connectivity index (χ1v) is 11.0. The van der Waals surface area contributed by atoms with Gasteiger partial charge in [-0.2, -0.15) is 0 Å². The van der Waals surface area contributed by atoms with Gasteiger partial charge < -0.3 is 9.80 Å². The van der Waals surface area contributed by atoms with E-state index in [1.54, 1.807) is 42.2 Å². The molecule has 0 aliphatic carbocycles. The lowest BCUT2D eigenvalue weighted by Gasteiger charge is -2.43. The van der Waals surface area contributed by atoms with Crippen molar-refractivity contribution in [2.75, 3.05) is 27.2 Å². The van der Waals surface area contributed by atoms with Gasteiger partial charge in [0.05, 0.1) is 5.41 Å². The maximum absolute atomic E-state index is 13.5. The van der Waals surface area contributed by atoms with Crippen molar-refractivity contribution >= 4 is 11.8 Å². The molecule has 2 aromatic carbocycles. The van der Waals surface area contributed by atoms with E-state index in [1.807, 2.05) is 30.3 Å². The Hall–Kier alpha value is -3.47. The van der Waals surface area contributed by atoms with Crippen molar-refractivity contribution in [1.29, 1.82) is 0 Å². The highest BCUT2D eigenvalue weighted by atomic mass is 16.2. The number of rotatable bonds is 5. The van der Waals surface area contributed by atoms with Gasteiger partial charge in [0, 0.05) is 33.4 Å². The van der Waals surface area contributed by atoms with Gasteiger partial charge in [-0.15, -0.1) is 0 Å². The lowest BCUT2D eigenvalue weighted by molar-refractivity contribution is -0.142. The van der Waals surface area contributed by atoms with Gasteiger partial charge in [0.1, 0.15) is 5.69 Å². The first kappa shape index (κ1) is 21.8. The summed E-state index contributed by atoms with van der Waals surface area (Å²) in [5, 5.41) is 0. The zero-order valence-electron chi connectivity index (χ0n) is 18.7. The molecule has 5 heteroatoms. The Morgan fingerprint density at radius 3 is 2.44 bits per heavy atom. The van der Waals surface area contributed by atoms with Gasteiger partial charge in [-0.3, -0.25) is 14.6 Å². The molecule has 3 aromatic rings. The molecule has 4 rings (SSSR count). The minimum atomic E-state index is -0.651. The molecule has 5 nitrogen and oxygen atoms in total. The lowest BCUT2D eigenvalue weighted by atomic mass is 9.73. The predicted octanol–water partition coefficient (Wildman–Crippen LogP) is 4.30. The van der Waals surface area contributed by atoms with Crippen LogP contribution in [-0.2, 0) is 11.2 Å². The van der Waals surface area contributed by atoms with Crippen molar-refractivity contribution in [2.24, 2.45) is 5.41 Å². The van der Waals surface area contributed by atoms with Crippen molar-refractivity contribution in [2.45, 2.75) is 19.3 Å². The molecule has 2 amide bonds. The van der Waals surface area contributed by atoms with E-state index in [0.29, 0.717) is 25.2 Å². The Balaban J connectivity index is 1.64. The van der Waals surface area contributed by atoms with Crippen LogP contribution >= 0.6 is 0 Å². The predicted molar refractivity (Wildman–Crippen MR) is 126 cm³/mol. The van der Waals surface area contributed by atoms with Crippen LogP contribution in [0.5, 0.6) is 0 Å². The minimum Gasteiger partial charge on any atom is -0.348 e. The van der Waals surface area contributed by atoms with Crippen LogP contribution in [0.3, 0.4) is 0 Å². The lowest BCUT2D eigenvalue weighted by Crippen LogP contribution is -2.54. The topological polar surface area (TPSA) is 53.5 Å². The zero-order valence-corrected chi connectivity index (χ0v) is 18.7. The Kier molecular flexibility index (Phi) is 6.35. The highest BCUT2D eigenvalue weighted by Crippen LogP contribution is 2.36. The molecule has 0 bridgehead atoms. The summed E-state index contributed by atoms with van der Waals surface area (Å²) >= 11 is 0. The van der Waals surface area contributed by atoms with Crippen LogP contribution in [0.2, 0.25) is 0 Å². The maximum Gasteiger partial charge on any atom is 0.272 e. The number of hydrogen-bond acceptors (Lipinski definition) is 3. The van der Waals surface area contributed by atoms with Gasteiger partial charge in [-0.05, 0) is 48.1 Å². The number of carbonyl (C=O) groups excluding carboxylic acids is 2. The van der Waals surface area contributed by atoms with Crippen molar-refractivity contribution in [3.8, 4) is 11.1 Å². The fourth-order valence-corrected chi connectivity index (χ4v) is 4.71. The molecule has 164 valence electrons. The molecule has 0 N–H and O–H groups in total. The van der Waals surface area contributed by atoms with Crippen molar-refractivity contribution < 1.29 is 9.59 Å². The number of carbonyl (C=O) groups is 2. The Labute approximate surface area is 189 Å². The summed E-state index contributed by atoms with van der Waals surface area (Å²) < 4.78 is 0. The second-order valence-corrected chi connectivity index (χ2v) is 8.77. The quantitative estimate of drug-likeness (QED) is 0.610. The number of likely N-dealkylation sites (tertiary alicyclic amines) is 1. The average molecular weight is 428 g/mol. The van der Waals surface area contributed by atoms with Gasteiger partial charge >= 0.3 is 0 Å². The van der Waals surface area contributed by atoms with E-state index in [4.69, 9.17) is 0 Å². The first-order chi connectivity index (χ1) is 15.5. The van der Waals surface area contributed by atoms with Crippen LogP contribution in [0.25, 0.3) is 11.1 Å². The summed E-state index contributed by atoms with van der Waals surface area (Å²) in [5.41, 5.74) is 3.16. The van der Waals surface area contributed by atoms with E-state index in [0.717, 1.165) is 29.5 Å². The number of aromatic nitrogens is 1. The van der Waals surface area contributed by atoms with Crippen LogP contribution in [0, 0.1) is 5.41 Å². The SMILES string of the molecule is CN(C)C(=O)C1(Cc2cccc(-c3ccccc3)c2)CCCN(C(=O)c2ccccn2)C1. The van der Waals surface area contributed by atoms with Gasteiger partial charge in [0.2, 0.25) is 5.91 Å². The van der Waals surface area contributed by atoms with E-state index in [2.05, 4.69) is 35.3 Å². The molecule has 32 heavy (non-hydrogen) atoms. The fraction of sp³-hybridized carbons (Fsp3) is 0.296. The standard InChI is InChI=1S/C27H29N3O2/c1-29(2)26(32)27(15-9-17-30(20-27)25(31)24-14-6-7-16-28-24)19-21-10-8-13-23(18-21)22-11-4-3-5-12-22/h3-8,10-14,16,18H,9,15,17,19-20H2,1-2H3. The van der Waals surface area contributed by atoms with Crippen molar-refractivity contribution in [3.05, 3.63) is 90.3 Å². The third kappa shape index (κ3) is 4.57. The number of hydrogen-bond donors (Lipinski definition) is 0. The van der Waals surface area contributed by atoms with Crippen LogP contribution in [-0.4, -0.2) is 53.8 Å². The molecule has 1 atom stereocenters. The molecular weight excluding hydrogens is 398 g/mol. The van der Waals surface area contributed by atoms with Gasteiger partial charge in [-0.1, -0.05) is 60.7 Å². The molecule has 1 aliphatic heterocycles. The zero-order chi connectivity index (χ0) is 22.6. The third-order valence-corrected chi connectivity index (χ3v) is 6.18. The normalized spacial score (nSPS) is 18.2. The monoisotopic (exact) mass is 427 g/mol. The highest BCUT2D eigenvalue weighted by Gasteiger charge is 2.44. The van der Waals surface area contributed by atoms with Gasteiger partial charge in [0.15, 0.2) is 0 Å². The van der Waals surface area contributed by atoms with Crippen LogP contribution in [0.15, 0.2) is 79.0 Å². The van der Waals surface area contributed by atoms with E-state index in [1.165, 1.54) is 0 Å². The molecule has 0 spiro atoms. The van der Waals surface area contributed by atoms with Crippen LogP contribution in [0.4, 0.5) is 0 Å². The summed E-state index contributed by atoms with van der Waals surface area (Å²) in [5.74, 6) is -0.0413. The molecule has 1 fully saturated rings. The Bertz CT molecular complexity index is 1080. The number of pyridine rings is 1.